The maximum atomic E-state index is 17.3. The van der Waals surface area contributed by atoms with Crippen LogP contribution in [0, 0.1) is 53.1 Å². The second kappa shape index (κ2) is 13.9. The molecule has 6 atom stereocenters. The van der Waals surface area contributed by atoms with Crippen molar-refractivity contribution in [2.45, 2.75) is 89.3 Å². The van der Waals surface area contributed by atoms with E-state index in [9.17, 15) is 19.7 Å². The second-order valence-electron chi connectivity index (χ2n) is 15.6. The van der Waals surface area contributed by atoms with E-state index in [0.29, 0.717) is 51.6 Å². The fraction of sp³-hybridized carbons (Fsp3) is 0.395. The molecule has 2 saturated carbocycles. The number of benzene rings is 3. The van der Waals surface area contributed by atoms with E-state index < -0.39 is 11.6 Å². The lowest BCUT2D eigenvalue weighted by Gasteiger charge is -2.39. The van der Waals surface area contributed by atoms with Crippen molar-refractivity contribution in [3.63, 3.8) is 0 Å². The summed E-state index contributed by atoms with van der Waals surface area (Å²) in [6.07, 6.45) is 3.35. The van der Waals surface area contributed by atoms with Crippen molar-refractivity contribution in [3.8, 4) is 23.3 Å². The highest BCUT2D eigenvalue weighted by molar-refractivity contribution is 6.43. The molecule has 5 heterocycles. The van der Waals surface area contributed by atoms with Crippen molar-refractivity contribution in [1.82, 2.24) is 19.8 Å². The molecule has 12 heteroatoms. The number of likely N-dealkylation sites (tertiary alicyclic amines) is 1. The van der Waals surface area contributed by atoms with Crippen molar-refractivity contribution >= 4 is 50.9 Å². The molecule has 10 rings (SSSR count). The van der Waals surface area contributed by atoms with Gasteiger partial charge in [-0.25, -0.2) is 13.8 Å². The van der Waals surface area contributed by atoms with Crippen LogP contribution in [-0.4, -0.2) is 45.1 Å². The van der Waals surface area contributed by atoms with E-state index in [2.05, 4.69) is 28.1 Å². The van der Waals surface area contributed by atoms with Crippen LogP contribution in [0.4, 0.5) is 8.78 Å². The number of nitriles is 2. The first-order chi connectivity index (χ1) is 26.6. The number of nitrogens with one attached hydrogen (secondary N) is 1. The monoisotopic (exact) mass is 778 g/mol. The molecule has 0 unspecified atom stereocenters. The van der Waals surface area contributed by atoms with Gasteiger partial charge in [0.25, 0.3) is 0 Å². The zero-order chi connectivity index (χ0) is 38.3. The SMILES string of the molecule is Cc1nc2c(F)c(-c3cccc(Cl)c3Cl)c(CCC#N)cc2c2c1cc([C@H]1C[C@H](OCc3ccc(F)cc3C#N)[C@H](C)N1C(=O)C1CC1)n2[C@H]1[C@H]2CN[C@@H]1C2. The van der Waals surface area contributed by atoms with Gasteiger partial charge in [-0.15, -0.1) is 0 Å². The summed E-state index contributed by atoms with van der Waals surface area (Å²) < 4.78 is 40.1. The Morgan fingerprint density at radius 2 is 1.89 bits per heavy atom. The lowest BCUT2D eigenvalue weighted by atomic mass is 9.79. The smallest absolute Gasteiger partial charge is 0.226 e. The predicted octanol–water partition coefficient (Wildman–Crippen LogP) is 9.27. The minimum atomic E-state index is -0.519. The first-order valence-corrected chi connectivity index (χ1v) is 19.7. The molecular weight excluding hydrogens is 741 g/mol. The summed E-state index contributed by atoms with van der Waals surface area (Å²) in [5.41, 5.74) is 4.88. The van der Waals surface area contributed by atoms with E-state index >= 15 is 4.39 Å². The Morgan fingerprint density at radius 3 is 2.60 bits per heavy atom. The van der Waals surface area contributed by atoms with Crippen LogP contribution in [0.15, 0.2) is 48.5 Å². The topological polar surface area (TPSA) is 107 Å². The Morgan fingerprint density at radius 1 is 1.07 bits per heavy atom. The molecule has 5 fully saturated rings. The third kappa shape index (κ3) is 5.88. The molecule has 280 valence electrons. The highest BCUT2D eigenvalue weighted by atomic mass is 35.5. The number of rotatable bonds is 9. The lowest BCUT2D eigenvalue weighted by molar-refractivity contribution is -0.136. The van der Waals surface area contributed by atoms with Crippen molar-refractivity contribution in [2.24, 2.45) is 11.8 Å². The van der Waals surface area contributed by atoms with Crippen molar-refractivity contribution < 1.29 is 18.3 Å². The number of carbonyl (C=O) groups excluding carboxylic acids is 1. The lowest BCUT2D eigenvalue weighted by Crippen LogP contribution is -2.43. The Labute approximate surface area is 327 Å². The number of nitrogens with zero attached hydrogens (tertiary/aromatic N) is 5. The number of pyridine rings is 1. The van der Waals surface area contributed by atoms with Crippen LogP contribution in [0.2, 0.25) is 10.0 Å². The number of halogens is 4. The first kappa shape index (κ1) is 36.1. The summed E-state index contributed by atoms with van der Waals surface area (Å²) in [5, 5.41) is 25.0. The second-order valence-corrected chi connectivity index (χ2v) is 16.3. The quantitative estimate of drug-likeness (QED) is 0.160. The molecule has 3 saturated heterocycles. The number of hydrogen-bond acceptors (Lipinski definition) is 6. The standard InChI is InChI=1S/C43H38Cl2F2N6O2/c1-21-30-16-34(35-17-36(22(2)52(35)43(54)23-8-9-23)55-20-25-10-11-28(46)13-26(25)18-49)53(41-27-15-33(41)50-19-27)42(30)31-14-24(5-4-12-48)37(39(47)40(31)51-21)29-6-3-7-32(44)38(29)45/h3,6-7,10-11,13-14,16,22-23,27,33,35-36,41,50H,4-5,8-9,15,17,19-20H2,1-2H3/t22-,27+,33+,35+,36-,41-/m0/s1. The number of carbonyl (C=O) groups is 1. The third-order valence-electron chi connectivity index (χ3n) is 12.4. The van der Waals surface area contributed by atoms with E-state index in [-0.39, 0.29) is 76.8 Å². The Balaban J connectivity index is 1.23. The van der Waals surface area contributed by atoms with Crippen molar-refractivity contribution in [2.75, 3.05) is 6.54 Å². The minimum Gasteiger partial charge on any atom is -0.371 e. The maximum absolute atomic E-state index is 17.3. The Kier molecular flexibility index (Phi) is 9.09. The molecule has 8 nitrogen and oxygen atoms in total. The Hall–Kier alpha value is -4.58. The third-order valence-corrected chi connectivity index (χ3v) is 13.2. The van der Waals surface area contributed by atoms with Crippen LogP contribution in [-0.2, 0) is 22.6 Å². The molecule has 0 radical (unpaired) electrons. The van der Waals surface area contributed by atoms with E-state index in [0.717, 1.165) is 42.4 Å². The summed E-state index contributed by atoms with van der Waals surface area (Å²) in [4.78, 5) is 21.1. The maximum Gasteiger partial charge on any atom is 0.226 e. The summed E-state index contributed by atoms with van der Waals surface area (Å²) in [7, 11) is 0. The number of fused-ring (bicyclic) bond motifs is 4. The van der Waals surface area contributed by atoms with Gasteiger partial charge in [0.1, 0.15) is 11.3 Å². The molecule has 2 aromatic heterocycles. The van der Waals surface area contributed by atoms with Gasteiger partial charge < -0.3 is 19.5 Å². The van der Waals surface area contributed by atoms with Gasteiger partial charge in [0.2, 0.25) is 5.91 Å². The number of aryl methyl sites for hydroxylation is 2. The fourth-order valence-corrected chi connectivity index (χ4v) is 9.83. The Bertz CT molecular complexity index is 2490. The minimum absolute atomic E-state index is 0.0388. The fourth-order valence-electron chi connectivity index (χ4n) is 9.43. The van der Waals surface area contributed by atoms with Crippen LogP contribution >= 0.6 is 23.2 Å². The van der Waals surface area contributed by atoms with Gasteiger partial charge >= 0.3 is 0 Å². The summed E-state index contributed by atoms with van der Waals surface area (Å²) in [6, 6.07) is 17.3. The van der Waals surface area contributed by atoms with Gasteiger partial charge in [-0.3, -0.25) is 4.79 Å². The molecule has 5 aromatic rings. The van der Waals surface area contributed by atoms with Gasteiger partial charge in [0, 0.05) is 64.6 Å². The average Bonchev–Trinajstić information content (AvgIpc) is 3.43. The van der Waals surface area contributed by atoms with Gasteiger partial charge in [0.15, 0.2) is 5.82 Å². The van der Waals surface area contributed by atoms with E-state index in [4.69, 9.17) is 32.9 Å². The van der Waals surface area contributed by atoms with Gasteiger partial charge in [-0.1, -0.05) is 41.4 Å². The van der Waals surface area contributed by atoms with Crippen LogP contribution in [0.1, 0.15) is 79.2 Å². The van der Waals surface area contributed by atoms with E-state index in [1.54, 1.807) is 24.3 Å². The summed E-state index contributed by atoms with van der Waals surface area (Å²) in [6.45, 7) is 4.88. The van der Waals surface area contributed by atoms with Crippen LogP contribution < -0.4 is 5.32 Å². The molecule has 3 aliphatic heterocycles. The van der Waals surface area contributed by atoms with Crippen molar-refractivity contribution in [1.29, 1.82) is 10.5 Å². The van der Waals surface area contributed by atoms with E-state index in [1.807, 2.05) is 24.8 Å². The normalized spacial score (nSPS) is 24.3. The number of amides is 1. The molecule has 3 aromatic carbocycles. The number of hydrogen-bond donors (Lipinski definition) is 1. The zero-order valence-electron chi connectivity index (χ0n) is 30.4. The molecule has 55 heavy (non-hydrogen) atoms. The largest absolute Gasteiger partial charge is 0.371 e. The van der Waals surface area contributed by atoms with Crippen LogP contribution in [0.5, 0.6) is 0 Å². The molecule has 5 aliphatic rings. The molecule has 0 spiro atoms. The molecular formula is C43H38Cl2F2N6O2. The average molecular weight is 780 g/mol. The van der Waals surface area contributed by atoms with Crippen LogP contribution in [0.25, 0.3) is 32.9 Å². The molecule has 2 aliphatic carbocycles. The van der Waals surface area contributed by atoms with Gasteiger partial charge in [0.05, 0.1) is 64.1 Å². The highest BCUT2D eigenvalue weighted by Gasteiger charge is 2.52. The highest BCUT2D eigenvalue weighted by Crippen LogP contribution is 2.52. The zero-order valence-corrected chi connectivity index (χ0v) is 31.9. The number of aromatic nitrogens is 2. The van der Waals surface area contributed by atoms with Gasteiger partial charge in [-0.05, 0) is 86.9 Å². The first-order valence-electron chi connectivity index (χ1n) is 18.9. The number of ether oxygens (including phenoxy) is 1. The van der Waals surface area contributed by atoms with Crippen molar-refractivity contribution in [3.05, 3.63) is 98.3 Å². The summed E-state index contributed by atoms with van der Waals surface area (Å²) in [5.74, 6) is -0.585. The van der Waals surface area contributed by atoms with Crippen LogP contribution in [0.3, 0.4) is 0 Å². The predicted molar refractivity (Wildman–Crippen MR) is 206 cm³/mol. The van der Waals surface area contributed by atoms with Gasteiger partial charge in [-0.2, -0.15) is 10.5 Å². The molecule has 1 N–H and O–H groups in total. The van der Waals surface area contributed by atoms with E-state index in [1.165, 1.54) is 12.1 Å². The molecule has 2 bridgehead atoms. The summed E-state index contributed by atoms with van der Waals surface area (Å²) >= 11 is 13.1. The molecule has 1 amide bonds.